The van der Waals surface area contributed by atoms with Crippen LogP contribution in [0.1, 0.15) is 203 Å². The first-order valence-corrected chi connectivity index (χ1v) is 27.0. The summed E-state index contributed by atoms with van der Waals surface area (Å²) in [6, 6.07) is 27.4. The largest absolute Gasteiger partial charge is 0.514 e. The van der Waals surface area contributed by atoms with Crippen LogP contribution in [0.25, 0.3) is 0 Å². The highest BCUT2D eigenvalue weighted by Gasteiger charge is 2.21. The van der Waals surface area contributed by atoms with E-state index in [0.29, 0.717) is 53.3 Å². The lowest BCUT2D eigenvalue weighted by Crippen LogP contribution is -2.27. The smallest absolute Gasteiger partial charge is 0.493 e. The highest BCUT2D eigenvalue weighted by atomic mass is 16.7. The van der Waals surface area contributed by atoms with Crippen LogP contribution in [0, 0.1) is 0 Å². The SMILES string of the molecule is CCC(C)c1ccc(OC(=O)OC(C)(C)C)c(OC)c1.CCC(C)c1ccc(OCC(=O)OC(C)(C)C)cc1.CCC(C)c1cccc(OCC(=O)OC(C)(C)C)c1.CCOC(C)Oc1ccc(C(C)CC)cc1OC. The van der Waals surface area contributed by atoms with Crippen LogP contribution in [-0.4, -0.2) is 75.2 Å². The molecule has 0 spiro atoms. The van der Waals surface area contributed by atoms with Gasteiger partial charge in [-0.2, -0.15) is 0 Å². The zero-order chi connectivity index (χ0) is 57.8. The Morgan fingerprint density at radius 2 is 0.842 bits per heavy atom. The summed E-state index contributed by atoms with van der Waals surface area (Å²) in [5.41, 5.74) is 3.41. The van der Waals surface area contributed by atoms with E-state index in [9.17, 15) is 14.4 Å². The van der Waals surface area contributed by atoms with E-state index in [2.05, 4.69) is 67.5 Å². The van der Waals surface area contributed by atoms with Crippen LogP contribution in [0.15, 0.2) is 84.9 Å². The number of esters is 2. The molecule has 0 bridgehead atoms. The molecule has 426 valence electrons. The summed E-state index contributed by atoms with van der Waals surface area (Å²) in [5.74, 6) is 5.09. The van der Waals surface area contributed by atoms with Crippen LogP contribution < -0.4 is 28.4 Å². The Hall–Kier alpha value is -5.95. The van der Waals surface area contributed by atoms with Crippen LogP contribution >= 0.6 is 0 Å². The third-order valence-corrected chi connectivity index (χ3v) is 11.7. The van der Waals surface area contributed by atoms with Crippen LogP contribution in [0.5, 0.6) is 34.5 Å². The zero-order valence-electron chi connectivity index (χ0n) is 50.2. The molecule has 76 heavy (non-hydrogen) atoms. The van der Waals surface area contributed by atoms with Gasteiger partial charge < -0.3 is 47.4 Å². The fourth-order valence-electron chi connectivity index (χ4n) is 6.74. The Morgan fingerprint density at radius 1 is 0.447 bits per heavy atom. The normalized spacial score (nSPS) is 13.1. The number of hydrogen-bond acceptors (Lipinski definition) is 13. The standard InChI is InChI=1S/C16H24O4.2C16H24O3.C15H24O3/c1-7-11(2)12-8-9-13(14(10-12)18-6)19-15(17)20-16(3,4)5;1-6-12(2)13-7-9-14(10-8-13)18-11-15(17)19-16(3,4)5;1-6-12(2)13-8-7-9-14(10-13)18-11-15(17)19-16(3,4)5;1-6-11(3)13-8-9-14(15(10-13)16-5)18-12(4)17-7-2/h8-11H,7H2,1-6H3;2*7-10,12H,6,11H2,1-5H3;8-12H,6-7H2,1-5H3. The Kier molecular flexibility index (Phi) is 30.4. The molecule has 0 aliphatic carbocycles. The monoisotopic (exact) mass is 1060 g/mol. The summed E-state index contributed by atoms with van der Waals surface area (Å²) in [6.07, 6.45) is 3.34. The first-order chi connectivity index (χ1) is 35.5. The number of hydrogen-bond donors (Lipinski definition) is 0. The number of carbonyl (C=O) groups is 3. The number of methoxy groups -OCH3 is 2. The molecule has 0 amide bonds. The first kappa shape index (κ1) is 68.1. The lowest BCUT2D eigenvalue weighted by Gasteiger charge is -2.19. The maximum atomic E-state index is 11.7. The van der Waals surface area contributed by atoms with Crippen LogP contribution in [0.4, 0.5) is 4.79 Å². The molecule has 5 atom stereocenters. The van der Waals surface area contributed by atoms with Gasteiger partial charge in [-0.1, -0.05) is 91.8 Å². The van der Waals surface area contributed by atoms with E-state index in [-0.39, 0.29) is 31.4 Å². The van der Waals surface area contributed by atoms with Crippen LogP contribution in [0.3, 0.4) is 0 Å². The number of carbonyl (C=O) groups excluding carboxylic acids is 3. The highest BCUT2D eigenvalue weighted by molar-refractivity contribution is 5.72. The van der Waals surface area contributed by atoms with Gasteiger partial charge in [-0.05, 0) is 196 Å². The molecule has 0 radical (unpaired) electrons. The lowest BCUT2D eigenvalue weighted by atomic mass is 9.98. The van der Waals surface area contributed by atoms with E-state index in [1.807, 2.05) is 122 Å². The first-order valence-electron chi connectivity index (χ1n) is 27.0. The molecule has 0 saturated heterocycles. The van der Waals surface area contributed by atoms with E-state index in [1.165, 1.54) is 16.7 Å². The van der Waals surface area contributed by atoms with Crippen LogP contribution in [-0.2, 0) is 28.5 Å². The molecule has 5 unspecified atom stereocenters. The molecule has 4 aromatic rings. The highest BCUT2D eigenvalue weighted by Crippen LogP contribution is 2.34. The summed E-state index contributed by atoms with van der Waals surface area (Å²) in [6.45, 7) is 38.1. The quantitative estimate of drug-likeness (QED) is 0.0338. The number of rotatable bonds is 21. The van der Waals surface area contributed by atoms with Crippen molar-refractivity contribution in [1.82, 2.24) is 0 Å². The van der Waals surface area contributed by atoms with Gasteiger partial charge >= 0.3 is 18.1 Å². The van der Waals surface area contributed by atoms with Crippen molar-refractivity contribution in [3.63, 3.8) is 0 Å². The van der Waals surface area contributed by atoms with Gasteiger partial charge in [-0.15, -0.1) is 0 Å². The van der Waals surface area contributed by atoms with Gasteiger partial charge in [-0.25, -0.2) is 14.4 Å². The second kappa shape index (κ2) is 33.9. The zero-order valence-corrected chi connectivity index (χ0v) is 50.2. The molecular weight excluding hydrogens is 965 g/mol. The molecular formula is C63H96O13. The fraction of sp³-hybridized carbons (Fsp3) is 0.571. The molecule has 0 fully saturated rings. The van der Waals surface area contributed by atoms with Crippen molar-refractivity contribution < 1.29 is 61.8 Å². The summed E-state index contributed by atoms with van der Waals surface area (Å²) < 4.78 is 53.3. The lowest BCUT2D eigenvalue weighted by molar-refractivity contribution is -0.158. The van der Waals surface area contributed by atoms with Crippen molar-refractivity contribution in [2.75, 3.05) is 34.0 Å². The predicted octanol–water partition coefficient (Wildman–Crippen LogP) is 16.3. The maximum absolute atomic E-state index is 11.7. The molecule has 13 nitrogen and oxygen atoms in total. The van der Waals surface area contributed by atoms with E-state index < -0.39 is 23.0 Å². The Balaban J connectivity index is 0.000000507. The van der Waals surface area contributed by atoms with E-state index >= 15 is 0 Å². The average Bonchev–Trinajstić information content (AvgIpc) is 3.36. The minimum absolute atomic E-state index is 0.0543. The minimum Gasteiger partial charge on any atom is -0.493 e. The van der Waals surface area contributed by atoms with Gasteiger partial charge in [-0.3, -0.25) is 0 Å². The van der Waals surface area contributed by atoms with Crippen LogP contribution in [0.2, 0.25) is 0 Å². The van der Waals surface area contributed by atoms with E-state index in [0.717, 1.165) is 42.7 Å². The average molecular weight is 1060 g/mol. The fourth-order valence-corrected chi connectivity index (χ4v) is 6.74. The van der Waals surface area contributed by atoms with E-state index in [4.69, 9.17) is 47.4 Å². The molecule has 13 heteroatoms. The third-order valence-electron chi connectivity index (χ3n) is 11.7. The molecule has 0 aromatic heterocycles. The van der Waals surface area contributed by atoms with Gasteiger partial charge in [0.25, 0.3) is 0 Å². The Morgan fingerprint density at radius 3 is 1.26 bits per heavy atom. The Labute approximate surface area is 457 Å². The van der Waals surface area contributed by atoms with Crippen molar-refractivity contribution in [3.8, 4) is 34.5 Å². The van der Waals surface area contributed by atoms with Crippen molar-refractivity contribution >= 4 is 18.1 Å². The van der Waals surface area contributed by atoms with Crippen molar-refractivity contribution in [1.29, 1.82) is 0 Å². The number of benzene rings is 4. The van der Waals surface area contributed by atoms with Crippen molar-refractivity contribution in [3.05, 3.63) is 107 Å². The molecule has 4 aromatic carbocycles. The topological polar surface area (TPSA) is 144 Å². The third kappa shape index (κ3) is 28.3. The summed E-state index contributed by atoms with van der Waals surface area (Å²) in [5, 5.41) is 0. The molecule has 0 saturated carbocycles. The molecule has 0 aliphatic heterocycles. The second-order valence-corrected chi connectivity index (χ2v) is 21.7. The summed E-state index contributed by atoms with van der Waals surface area (Å²) >= 11 is 0. The summed E-state index contributed by atoms with van der Waals surface area (Å²) in [7, 11) is 3.21. The van der Waals surface area contributed by atoms with Crippen molar-refractivity contribution in [2.24, 2.45) is 0 Å². The molecule has 0 heterocycles. The van der Waals surface area contributed by atoms with Gasteiger partial charge in [0.05, 0.1) is 14.2 Å². The minimum atomic E-state index is -0.730. The number of ether oxygens (including phenoxy) is 10. The summed E-state index contributed by atoms with van der Waals surface area (Å²) in [4.78, 5) is 34.7. The van der Waals surface area contributed by atoms with Gasteiger partial charge in [0.1, 0.15) is 28.3 Å². The maximum Gasteiger partial charge on any atom is 0.514 e. The Bertz CT molecular complexity index is 2280. The van der Waals surface area contributed by atoms with Gasteiger partial charge in [0.15, 0.2) is 42.5 Å². The molecule has 0 N–H and O–H groups in total. The van der Waals surface area contributed by atoms with Gasteiger partial charge in [0.2, 0.25) is 0 Å². The molecule has 0 aliphatic rings. The second-order valence-electron chi connectivity index (χ2n) is 21.7. The predicted molar refractivity (Wildman–Crippen MR) is 305 cm³/mol. The van der Waals surface area contributed by atoms with E-state index in [1.54, 1.807) is 41.1 Å². The van der Waals surface area contributed by atoms with Crippen molar-refractivity contribution in [2.45, 2.75) is 204 Å². The van der Waals surface area contributed by atoms with Gasteiger partial charge in [0, 0.05) is 6.61 Å². The molecule has 4 rings (SSSR count).